The van der Waals surface area contributed by atoms with Gasteiger partial charge in [0.25, 0.3) is 0 Å². The van der Waals surface area contributed by atoms with Gasteiger partial charge in [-0.25, -0.2) is 4.98 Å². The molecule has 0 aromatic carbocycles. The Kier molecular flexibility index (Phi) is 4.01. The molecule has 0 aliphatic rings. The molecular formula is C16H16N6O. The van der Waals surface area contributed by atoms with E-state index in [0.717, 1.165) is 16.8 Å². The summed E-state index contributed by atoms with van der Waals surface area (Å²) >= 11 is 0. The fourth-order valence-corrected chi connectivity index (χ4v) is 2.13. The molecule has 0 spiro atoms. The molecule has 23 heavy (non-hydrogen) atoms. The van der Waals surface area contributed by atoms with E-state index in [1.807, 2.05) is 25.3 Å². The molecule has 3 heterocycles. The third-order valence-electron chi connectivity index (χ3n) is 3.22. The van der Waals surface area contributed by atoms with Gasteiger partial charge in [0.15, 0.2) is 0 Å². The van der Waals surface area contributed by atoms with Crippen molar-refractivity contribution in [3.05, 3.63) is 54.7 Å². The number of hydrogen-bond donors (Lipinski definition) is 2. The third-order valence-corrected chi connectivity index (χ3v) is 3.22. The number of carbonyl (C=O) groups is 1. The van der Waals surface area contributed by atoms with Crippen LogP contribution in [0, 0.1) is 6.92 Å². The number of pyridine rings is 2. The number of nitrogens with one attached hydrogen (secondary N) is 1. The topological polar surface area (TPSA) is 98.7 Å². The lowest BCUT2D eigenvalue weighted by Gasteiger charge is -2.04. The highest BCUT2D eigenvalue weighted by molar-refractivity contribution is 5.89. The van der Waals surface area contributed by atoms with Crippen molar-refractivity contribution in [3.8, 4) is 11.1 Å². The van der Waals surface area contributed by atoms with Gasteiger partial charge in [-0.15, -0.1) is 0 Å². The Morgan fingerprint density at radius 2 is 2.09 bits per heavy atom. The minimum absolute atomic E-state index is 0.107. The number of nitrogens with zero attached hydrogens (tertiary/aromatic N) is 4. The number of nitrogens with two attached hydrogens (primary N) is 1. The minimum Gasteiger partial charge on any atom is -0.397 e. The zero-order valence-corrected chi connectivity index (χ0v) is 12.6. The summed E-state index contributed by atoms with van der Waals surface area (Å²) in [5, 5.41) is 6.91. The number of anilines is 2. The molecular weight excluding hydrogens is 292 g/mol. The monoisotopic (exact) mass is 308 g/mol. The summed E-state index contributed by atoms with van der Waals surface area (Å²) in [5.74, 6) is 0.254. The molecule has 0 aliphatic carbocycles. The van der Waals surface area contributed by atoms with E-state index < -0.39 is 0 Å². The first-order valence-electron chi connectivity index (χ1n) is 7.07. The summed E-state index contributed by atoms with van der Waals surface area (Å²) in [4.78, 5) is 20.2. The van der Waals surface area contributed by atoms with Crippen LogP contribution in [0.25, 0.3) is 11.1 Å². The predicted molar refractivity (Wildman–Crippen MR) is 87.5 cm³/mol. The summed E-state index contributed by atoms with van der Waals surface area (Å²) in [7, 11) is 0. The van der Waals surface area contributed by atoms with Crippen molar-refractivity contribution in [2.24, 2.45) is 0 Å². The van der Waals surface area contributed by atoms with E-state index in [9.17, 15) is 4.79 Å². The van der Waals surface area contributed by atoms with Crippen molar-refractivity contribution in [1.82, 2.24) is 19.7 Å². The summed E-state index contributed by atoms with van der Waals surface area (Å²) in [6.45, 7) is 2.04. The molecule has 0 saturated carbocycles. The maximum absolute atomic E-state index is 12.0. The van der Waals surface area contributed by atoms with Gasteiger partial charge in [-0.2, -0.15) is 5.10 Å². The molecule has 3 N–H and O–H groups in total. The lowest BCUT2D eigenvalue weighted by molar-refractivity contribution is -0.116. The highest BCUT2D eigenvalue weighted by Gasteiger charge is 2.07. The summed E-state index contributed by atoms with van der Waals surface area (Å²) < 4.78 is 1.58. The van der Waals surface area contributed by atoms with Crippen LogP contribution in [0.3, 0.4) is 0 Å². The Balaban J connectivity index is 1.66. The molecule has 3 rings (SSSR count). The number of aryl methyl sites for hydroxylation is 1. The van der Waals surface area contributed by atoms with E-state index in [4.69, 9.17) is 5.73 Å². The Labute approximate surface area is 133 Å². The van der Waals surface area contributed by atoms with Crippen molar-refractivity contribution in [3.63, 3.8) is 0 Å². The Morgan fingerprint density at radius 1 is 1.22 bits per heavy atom. The first-order chi connectivity index (χ1) is 11.1. The molecule has 3 aromatic heterocycles. The average Bonchev–Trinajstić information content (AvgIpc) is 2.98. The molecule has 1 amide bonds. The van der Waals surface area contributed by atoms with Crippen LogP contribution < -0.4 is 11.1 Å². The molecule has 0 atom stereocenters. The third kappa shape index (κ3) is 3.70. The van der Waals surface area contributed by atoms with Crippen LogP contribution >= 0.6 is 0 Å². The zero-order chi connectivity index (χ0) is 16.2. The second-order valence-corrected chi connectivity index (χ2v) is 5.14. The van der Waals surface area contributed by atoms with Crippen molar-refractivity contribution >= 4 is 17.4 Å². The number of hydrogen-bond acceptors (Lipinski definition) is 5. The second kappa shape index (κ2) is 6.27. The quantitative estimate of drug-likeness (QED) is 0.766. The van der Waals surface area contributed by atoms with Crippen molar-refractivity contribution in [2.45, 2.75) is 13.5 Å². The van der Waals surface area contributed by atoms with Crippen LogP contribution in [0.1, 0.15) is 5.69 Å². The van der Waals surface area contributed by atoms with Crippen LogP contribution in [0.5, 0.6) is 0 Å². The van der Waals surface area contributed by atoms with Gasteiger partial charge in [0.2, 0.25) is 5.91 Å². The molecule has 3 aromatic rings. The van der Waals surface area contributed by atoms with Gasteiger partial charge in [0.1, 0.15) is 12.4 Å². The van der Waals surface area contributed by atoms with Crippen LogP contribution in [-0.4, -0.2) is 25.7 Å². The largest absolute Gasteiger partial charge is 0.397 e. The van der Waals surface area contributed by atoms with E-state index in [1.165, 1.54) is 6.20 Å². The number of carbonyl (C=O) groups excluding carboxylic acids is 1. The van der Waals surface area contributed by atoms with Crippen molar-refractivity contribution in [1.29, 1.82) is 0 Å². The van der Waals surface area contributed by atoms with Crippen molar-refractivity contribution in [2.75, 3.05) is 11.1 Å². The number of rotatable bonds is 4. The Hall–Kier alpha value is -3.22. The molecule has 7 heteroatoms. The fourth-order valence-electron chi connectivity index (χ4n) is 2.13. The van der Waals surface area contributed by atoms with Gasteiger partial charge in [-0.1, -0.05) is 0 Å². The Morgan fingerprint density at radius 3 is 2.83 bits per heavy atom. The average molecular weight is 308 g/mol. The van der Waals surface area contributed by atoms with Crippen LogP contribution in [-0.2, 0) is 11.3 Å². The van der Waals surface area contributed by atoms with Gasteiger partial charge in [-0.3, -0.25) is 14.5 Å². The van der Waals surface area contributed by atoms with Crippen LogP contribution in [0.15, 0.2) is 49.1 Å². The number of nitrogen functional groups attached to an aromatic ring is 1. The van der Waals surface area contributed by atoms with E-state index in [-0.39, 0.29) is 12.5 Å². The summed E-state index contributed by atoms with van der Waals surface area (Å²) in [6, 6.07) is 7.22. The van der Waals surface area contributed by atoms with Crippen LogP contribution in [0.2, 0.25) is 0 Å². The maximum atomic E-state index is 12.0. The first-order valence-corrected chi connectivity index (χ1v) is 7.07. The highest BCUT2D eigenvalue weighted by Crippen LogP contribution is 2.18. The standard InChI is InChI=1S/C16H16N6O/c1-11-6-12(4-5-18-11)13-7-20-22(9-13)10-16(23)21-15-3-2-14(17)8-19-15/h2-9H,10,17H2,1H3,(H,19,21,23). The smallest absolute Gasteiger partial charge is 0.247 e. The first kappa shape index (κ1) is 14.7. The molecule has 0 aliphatic heterocycles. The second-order valence-electron chi connectivity index (χ2n) is 5.14. The molecule has 0 bridgehead atoms. The lowest BCUT2D eigenvalue weighted by atomic mass is 10.1. The van der Waals surface area contributed by atoms with E-state index >= 15 is 0 Å². The van der Waals surface area contributed by atoms with Gasteiger partial charge >= 0.3 is 0 Å². The van der Waals surface area contributed by atoms with Gasteiger partial charge in [0, 0.05) is 23.7 Å². The summed E-state index contributed by atoms with van der Waals surface area (Å²) in [6.07, 6.45) is 6.79. The molecule has 0 saturated heterocycles. The molecule has 0 unspecified atom stereocenters. The molecule has 7 nitrogen and oxygen atoms in total. The van der Waals surface area contributed by atoms with Gasteiger partial charge < -0.3 is 11.1 Å². The van der Waals surface area contributed by atoms with Gasteiger partial charge in [-0.05, 0) is 36.8 Å². The van der Waals surface area contributed by atoms with Crippen LogP contribution in [0.4, 0.5) is 11.5 Å². The van der Waals surface area contributed by atoms with E-state index in [0.29, 0.717) is 11.5 Å². The van der Waals surface area contributed by atoms with E-state index in [1.54, 1.807) is 29.2 Å². The fraction of sp³-hybridized carbons (Fsp3) is 0.125. The Bertz CT molecular complexity index is 825. The summed E-state index contributed by atoms with van der Waals surface area (Å²) in [5.41, 5.74) is 8.99. The minimum atomic E-state index is -0.206. The highest BCUT2D eigenvalue weighted by atomic mass is 16.2. The molecule has 0 radical (unpaired) electrons. The maximum Gasteiger partial charge on any atom is 0.247 e. The van der Waals surface area contributed by atoms with Gasteiger partial charge in [0.05, 0.1) is 18.1 Å². The lowest BCUT2D eigenvalue weighted by Crippen LogP contribution is -2.19. The normalized spacial score (nSPS) is 10.5. The zero-order valence-electron chi connectivity index (χ0n) is 12.6. The SMILES string of the molecule is Cc1cc(-c2cnn(CC(=O)Nc3ccc(N)cn3)c2)ccn1. The molecule has 0 fully saturated rings. The van der Waals surface area contributed by atoms with Crippen molar-refractivity contribution < 1.29 is 4.79 Å². The predicted octanol–water partition coefficient (Wildman–Crippen LogP) is 1.87. The number of amides is 1. The molecule has 116 valence electrons. The van der Waals surface area contributed by atoms with E-state index in [2.05, 4.69) is 20.4 Å². The number of aromatic nitrogens is 4.